The number of piperidine rings is 1. The summed E-state index contributed by atoms with van der Waals surface area (Å²) < 4.78 is 13.1. The van der Waals surface area contributed by atoms with E-state index < -0.39 is 0 Å². The molecule has 0 bridgehead atoms. The molecule has 2 saturated heterocycles. The van der Waals surface area contributed by atoms with Crippen molar-refractivity contribution in [1.82, 2.24) is 14.9 Å². The van der Waals surface area contributed by atoms with Gasteiger partial charge in [-0.2, -0.15) is 0 Å². The van der Waals surface area contributed by atoms with Crippen LogP contribution < -0.4 is 4.90 Å². The summed E-state index contributed by atoms with van der Waals surface area (Å²) >= 11 is 0. The van der Waals surface area contributed by atoms with Gasteiger partial charge in [0.25, 0.3) is 0 Å². The van der Waals surface area contributed by atoms with E-state index >= 15 is 0 Å². The third-order valence-corrected chi connectivity index (χ3v) is 5.37. The van der Waals surface area contributed by atoms with Crippen LogP contribution in [0, 0.1) is 11.2 Å². The van der Waals surface area contributed by atoms with Crippen LogP contribution in [-0.4, -0.2) is 41.0 Å². The summed E-state index contributed by atoms with van der Waals surface area (Å²) in [6, 6.07) is 6.91. The average Bonchev–Trinajstić information content (AvgIpc) is 3.01. The number of benzene rings is 1. The molecule has 3 heterocycles. The number of hydrogen-bond donors (Lipinski definition) is 0. The molecule has 1 atom stereocenters. The van der Waals surface area contributed by atoms with Crippen molar-refractivity contribution >= 4 is 5.82 Å². The van der Waals surface area contributed by atoms with Crippen LogP contribution in [-0.2, 0) is 6.54 Å². The first-order valence-electron chi connectivity index (χ1n) is 8.70. The predicted molar refractivity (Wildman–Crippen MR) is 92.2 cm³/mol. The normalized spacial score (nSPS) is 24.6. The molecule has 1 spiro atoms. The Kier molecular flexibility index (Phi) is 4.19. The number of anilines is 1. The van der Waals surface area contributed by atoms with Gasteiger partial charge in [-0.1, -0.05) is 12.1 Å². The Morgan fingerprint density at radius 2 is 1.92 bits per heavy atom. The molecule has 1 aromatic heterocycles. The molecule has 126 valence electrons. The highest BCUT2D eigenvalue weighted by molar-refractivity contribution is 5.37. The van der Waals surface area contributed by atoms with Crippen LogP contribution in [0.1, 0.15) is 24.8 Å². The second kappa shape index (κ2) is 6.48. The number of hydrogen-bond acceptors (Lipinski definition) is 4. The summed E-state index contributed by atoms with van der Waals surface area (Å²) in [5.74, 6) is 0.828. The van der Waals surface area contributed by atoms with E-state index in [1.807, 2.05) is 18.3 Å². The first kappa shape index (κ1) is 15.5. The lowest BCUT2D eigenvalue weighted by atomic mass is 9.79. The quantitative estimate of drug-likeness (QED) is 0.867. The van der Waals surface area contributed by atoms with Gasteiger partial charge in [-0.25, -0.2) is 9.37 Å². The van der Waals surface area contributed by atoms with E-state index in [1.54, 1.807) is 24.5 Å². The lowest BCUT2D eigenvalue weighted by Crippen LogP contribution is -2.44. The Hall–Kier alpha value is -2.01. The number of halogens is 1. The summed E-state index contributed by atoms with van der Waals surface area (Å²) in [4.78, 5) is 13.5. The number of rotatable bonds is 3. The van der Waals surface area contributed by atoms with Gasteiger partial charge in [0.2, 0.25) is 0 Å². The third kappa shape index (κ3) is 3.26. The highest BCUT2D eigenvalue weighted by Crippen LogP contribution is 2.40. The summed E-state index contributed by atoms with van der Waals surface area (Å²) in [7, 11) is 0. The predicted octanol–water partition coefficient (Wildman–Crippen LogP) is 3.11. The molecular weight excluding hydrogens is 303 g/mol. The van der Waals surface area contributed by atoms with Crippen LogP contribution in [0.2, 0.25) is 0 Å². The van der Waals surface area contributed by atoms with Crippen LogP contribution in [0.25, 0.3) is 0 Å². The fraction of sp³-hybridized carbons (Fsp3) is 0.474. The first-order valence-corrected chi connectivity index (χ1v) is 8.70. The van der Waals surface area contributed by atoms with Crippen molar-refractivity contribution in [2.45, 2.75) is 25.8 Å². The average molecular weight is 326 g/mol. The molecular formula is C19H23FN4. The zero-order chi connectivity index (χ0) is 16.4. The Morgan fingerprint density at radius 1 is 1.04 bits per heavy atom. The Balaban J connectivity index is 1.42. The van der Waals surface area contributed by atoms with Gasteiger partial charge < -0.3 is 4.90 Å². The molecule has 24 heavy (non-hydrogen) atoms. The van der Waals surface area contributed by atoms with Gasteiger partial charge in [0.15, 0.2) is 0 Å². The standard InChI is InChI=1S/C19H23FN4/c20-17-4-2-16(3-5-17)13-23-10-1-6-19(14-23)7-11-24(15-19)18-12-21-8-9-22-18/h2-5,8-9,12H,1,6-7,10-11,13-15H2. The molecule has 4 nitrogen and oxygen atoms in total. The van der Waals surface area contributed by atoms with Gasteiger partial charge in [0, 0.05) is 44.0 Å². The smallest absolute Gasteiger partial charge is 0.147 e. The van der Waals surface area contributed by atoms with E-state index in [0.717, 1.165) is 38.5 Å². The topological polar surface area (TPSA) is 32.3 Å². The van der Waals surface area contributed by atoms with Crippen molar-refractivity contribution in [3.63, 3.8) is 0 Å². The molecule has 4 rings (SSSR count). The number of nitrogens with zero attached hydrogens (tertiary/aromatic N) is 4. The van der Waals surface area contributed by atoms with Gasteiger partial charge in [-0.3, -0.25) is 9.88 Å². The molecule has 0 saturated carbocycles. The van der Waals surface area contributed by atoms with Crippen molar-refractivity contribution in [1.29, 1.82) is 0 Å². The minimum atomic E-state index is -0.163. The Morgan fingerprint density at radius 3 is 2.71 bits per heavy atom. The second-order valence-corrected chi connectivity index (χ2v) is 7.18. The van der Waals surface area contributed by atoms with Crippen molar-refractivity contribution in [2.75, 3.05) is 31.1 Å². The molecule has 2 aromatic rings. The molecule has 2 aliphatic heterocycles. The summed E-state index contributed by atoms with van der Waals surface area (Å²) in [6.07, 6.45) is 9.07. The molecule has 1 unspecified atom stereocenters. The number of likely N-dealkylation sites (tertiary alicyclic amines) is 1. The molecule has 5 heteroatoms. The SMILES string of the molecule is Fc1ccc(CN2CCCC3(CCN(c4cnccn4)C3)C2)cc1. The van der Waals surface area contributed by atoms with Gasteiger partial charge in [-0.15, -0.1) is 0 Å². The van der Waals surface area contributed by atoms with E-state index in [2.05, 4.69) is 19.8 Å². The van der Waals surface area contributed by atoms with E-state index in [1.165, 1.54) is 24.8 Å². The summed E-state index contributed by atoms with van der Waals surface area (Å²) in [5, 5.41) is 0. The van der Waals surface area contributed by atoms with E-state index in [-0.39, 0.29) is 5.82 Å². The van der Waals surface area contributed by atoms with Crippen molar-refractivity contribution in [3.8, 4) is 0 Å². The maximum absolute atomic E-state index is 13.1. The maximum Gasteiger partial charge on any atom is 0.147 e. The maximum atomic E-state index is 13.1. The van der Waals surface area contributed by atoms with Crippen LogP contribution in [0.15, 0.2) is 42.9 Å². The monoisotopic (exact) mass is 326 g/mol. The molecule has 0 N–H and O–H groups in total. The van der Waals surface area contributed by atoms with Crippen LogP contribution >= 0.6 is 0 Å². The van der Waals surface area contributed by atoms with Crippen LogP contribution in [0.3, 0.4) is 0 Å². The summed E-state index contributed by atoms with van der Waals surface area (Å²) in [5.41, 5.74) is 1.55. The zero-order valence-corrected chi connectivity index (χ0v) is 13.9. The van der Waals surface area contributed by atoms with Crippen molar-refractivity contribution < 1.29 is 4.39 Å². The molecule has 2 aliphatic rings. The largest absolute Gasteiger partial charge is 0.355 e. The molecule has 0 radical (unpaired) electrons. The lowest BCUT2D eigenvalue weighted by molar-refractivity contribution is 0.0991. The van der Waals surface area contributed by atoms with E-state index in [9.17, 15) is 4.39 Å². The molecule has 0 amide bonds. The second-order valence-electron chi connectivity index (χ2n) is 7.18. The van der Waals surface area contributed by atoms with E-state index in [4.69, 9.17) is 0 Å². The fourth-order valence-corrected chi connectivity index (χ4v) is 4.21. The van der Waals surface area contributed by atoms with Gasteiger partial charge in [0.1, 0.15) is 11.6 Å². The van der Waals surface area contributed by atoms with Gasteiger partial charge in [-0.05, 0) is 43.5 Å². The Bertz CT molecular complexity index is 676. The third-order valence-electron chi connectivity index (χ3n) is 5.37. The van der Waals surface area contributed by atoms with Crippen molar-refractivity contribution in [3.05, 3.63) is 54.2 Å². The minimum Gasteiger partial charge on any atom is -0.355 e. The Labute approximate surface area is 142 Å². The minimum absolute atomic E-state index is 0.163. The van der Waals surface area contributed by atoms with Crippen LogP contribution in [0.4, 0.5) is 10.2 Å². The number of aromatic nitrogens is 2. The molecule has 1 aromatic carbocycles. The fourth-order valence-electron chi connectivity index (χ4n) is 4.21. The molecule has 0 aliphatic carbocycles. The highest BCUT2D eigenvalue weighted by atomic mass is 19.1. The van der Waals surface area contributed by atoms with Gasteiger partial charge >= 0.3 is 0 Å². The first-order chi connectivity index (χ1) is 11.7. The van der Waals surface area contributed by atoms with Crippen molar-refractivity contribution in [2.24, 2.45) is 5.41 Å². The van der Waals surface area contributed by atoms with E-state index in [0.29, 0.717) is 5.41 Å². The molecule has 2 fully saturated rings. The zero-order valence-electron chi connectivity index (χ0n) is 13.9. The highest BCUT2D eigenvalue weighted by Gasteiger charge is 2.41. The summed E-state index contributed by atoms with van der Waals surface area (Å²) in [6.45, 7) is 5.27. The van der Waals surface area contributed by atoms with Crippen LogP contribution in [0.5, 0.6) is 0 Å². The lowest BCUT2D eigenvalue weighted by Gasteiger charge is -2.40. The van der Waals surface area contributed by atoms with Gasteiger partial charge in [0.05, 0.1) is 6.20 Å².